The van der Waals surface area contributed by atoms with Gasteiger partial charge < -0.3 is 9.73 Å². The molecule has 1 amide bonds. The predicted molar refractivity (Wildman–Crippen MR) is 133 cm³/mol. The maximum absolute atomic E-state index is 13.0. The van der Waals surface area contributed by atoms with Gasteiger partial charge >= 0.3 is 0 Å². The van der Waals surface area contributed by atoms with Crippen LogP contribution in [0.5, 0.6) is 0 Å². The van der Waals surface area contributed by atoms with Crippen LogP contribution in [0, 0.1) is 18.3 Å². The molecule has 0 saturated carbocycles. The zero-order valence-corrected chi connectivity index (χ0v) is 20.1. The molecule has 0 fully saturated rings. The summed E-state index contributed by atoms with van der Waals surface area (Å²) in [6.07, 6.45) is 1.26. The minimum atomic E-state index is -3.82. The molecule has 10 nitrogen and oxygen atoms in total. The van der Waals surface area contributed by atoms with Crippen LogP contribution in [0.4, 0.5) is 5.69 Å². The Bertz CT molecular complexity index is 1690. The van der Waals surface area contributed by atoms with Crippen molar-refractivity contribution in [3.63, 3.8) is 0 Å². The number of hydrogen-bond acceptors (Lipinski definition) is 6. The molecule has 2 heterocycles. The molecule has 0 aliphatic heterocycles. The summed E-state index contributed by atoms with van der Waals surface area (Å²) >= 11 is 0. The highest BCUT2D eigenvalue weighted by molar-refractivity contribution is 7.89. The van der Waals surface area contributed by atoms with E-state index in [-0.39, 0.29) is 21.9 Å². The van der Waals surface area contributed by atoms with Crippen LogP contribution in [-0.4, -0.2) is 23.7 Å². The van der Waals surface area contributed by atoms with E-state index < -0.39 is 21.5 Å². The SMILES string of the molecule is Cc1c(NC(=O)C(C#N)=Cc2ccc(-c3ccc(S(N)(=O)=O)cc3)o2)c(=O)n(-c2ccccc2)n1C. The van der Waals surface area contributed by atoms with Crippen molar-refractivity contribution < 1.29 is 17.6 Å². The Balaban J connectivity index is 1.59. The fraction of sp³-hybridized carbons (Fsp3) is 0.0800. The van der Waals surface area contributed by atoms with E-state index in [1.807, 2.05) is 12.1 Å². The van der Waals surface area contributed by atoms with Crippen LogP contribution in [0.2, 0.25) is 0 Å². The summed E-state index contributed by atoms with van der Waals surface area (Å²) in [6, 6.07) is 19.7. The van der Waals surface area contributed by atoms with E-state index in [2.05, 4.69) is 5.32 Å². The molecule has 0 radical (unpaired) electrons. The van der Waals surface area contributed by atoms with Gasteiger partial charge in [0.2, 0.25) is 10.0 Å². The van der Waals surface area contributed by atoms with E-state index >= 15 is 0 Å². The number of aromatic nitrogens is 2. The zero-order valence-electron chi connectivity index (χ0n) is 19.3. The Morgan fingerprint density at radius 2 is 1.75 bits per heavy atom. The summed E-state index contributed by atoms with van der Waals surface area (Å²) in [6.45, 7) is 1.69. The number of nitrogens with two attached hydrogens (primary N) is 1. The molecule has 0 unspecified atom stereocenters. The van der Waals surface area contributed by atoms with Crippen molar-refractivity contribution in [3.05, 3.63) is 94.1 Å². The lowest BCUT2D eigenvalue weighted by molar-refractivity contribution is -0.112. The molecule has 0 bridgehead atoms. The number of carbonyl (C=O) groups excluding carboxylic acids is 1. The molecule has 11 heteroatoms. The number of nitrogens with zero attached hydrogens (tertiary/aromatic N) is 3. The van der Waals surface area contributed by atoms with Gasteiger partial charge in [0.1, 0.15) is 28.9 Å². The highest BCUT2D eigenvalue weighted by Gasteiger charge is 2.20. The van der Waals surface area contributed by atoms with E-state index in [1.165, 1.54) is 35.0 Å². The Kier molecular flexibility index (Phi) is 6.48. The fourth-order valence-electron chi connectivity index (χ4n) is 3.58. The Hall–Kier alpha value is -4.66. The summed E-state index contributed by atoms with van der Waals surface area (Å²) in [4.78, 5) is 25.8. The van der Waals surface area contributed by atoms with Gasteiger partial charge in [0.25, 0.3) is 11.5 Å². The summed E-state index contributed by atoms with van der Waals surface area (Å²) in [5.41, 5.74) is 1.07. The smallest absolute Gasteiger partial charge is 0.295 e. The van der Waals surface area contributed by atoms with E-state index in [0.717, 1.165) is 0 Å². The van der Waals surface area contributed by atoms with Crippen molar-refractivity contribution >= 4 is 27.7 Å². The van der Waals surface area contributed by atoms with Gasteiger partial charge in [-0.3, -0.25) is 14.3 Å². The third-order valence-corrected chi connectivity index (χ3v) is 6.47. The number of nitrogens with one attached hydrogen (secondary N) is 1. The summed E-state index contributed by atoms with van der Waals surface area (Å²) in [7, 11) is -2.13. The number of anilines is 1. The van der Waals surface area contributed by atoms with Crippen molar-refractivity contribution in [2.75, 3.05) is 5.32 Å². The minimum absolute atomic E-state index is 0.0381. The largest absolute Gasteiger partial charge is 0.457 e. The third-order valence-electron chi connectivity index (χ3n) is 5.54. The number of primary sulfonamides is 1. The number of hydrogen-bond donors (Lipinski definition) is 2. The molecular weight excluding hydrogens is 482 g/mol. The van der Waals surface area contributed by atoms with E-state index in [0.29, 0.717) is 22.7 Å². The first kappa shape index (κ1) is 24.5. The third kappa shape index (κ3) is 4.76. The average molecular weight is 504 g/mol. The van der Waals surface area contributed by atoms with Gasteiger partial charge in [0.15, 0.2) is 0 Å². The lowest BCUT2D eigenvalue weighted by Crippen LogP contribution is -2.23. The highest BCUT2D eigenvalue weighted by atomic mass is 32.2. The van der Waals surface area contributed by atoms with Gasteiger partial charge in [0, 0.05) is 18.7 Å². The van der Waals surface area contributed by atoms with Crippen LogP contribution >= 0.6 is 0 Å². The van der Waals surface area contributed by atoms with E-state index in [1.54, 1.807) is 55.1 Å². The quantitative estimate of drug-likeness (QED) is 0.305. The molecule has 2 aromatic heterocycles. The maximum atomic E-state index is 13.0. The molecule has 2 aromatic carbocycles. The number of amides is 1. The van der Waals surface area contributed by atoms with E-state index in [4.69, 9.17) is 9.56 Å². The Morgan fingerprint density at radius 1 is 1.08 bits per heavy atom. The second kappa shape index (κ2) is 9.53. The molecular formula is C25H21N5O5S. The number of carbonyl (C=O) groups is 1. The normalized spacial score (nSPS) is 11.8. The number of nitriles is 1. The second-order valence-corrected chi connectivity index (χ2v) is 9.39. The van der Waals surface area contributed by atoms with Crippen LogP contribution < -0.4 is 16.0 Å². The standard InChI is InChI=1S/C25H21N5O5S/c1-16-23(25(32)30(29(16)2)19-6-4-3-5-7-19)28-24(31)18(15-26)14-20-10-13-22(35-20)17-8-11-21(12-9-17)36(27,33)34/h3-14H,1-2H3,(H,28,31)(H2,27,33,34). The lowest BCUT2D eigenvalue weighted by Gasteiger charge is -2.07. The first-order chi connectivity index (χ1) is 17.1. The number of sulfonamides is 1. The van der Waals surface area contributed by atoms with Gasteiger partial charge in [-0.05, 0) is 55.5 Å². The maximum Gasteiger partial charge on any atom is 0.295 e. The van der Waals surface area contributed by atoms with Crippen molar-refractivity contribution in [1.29, 1.82) is 5.26 Å². The first-order valence-corrected chi connectivity index (χ1v) is 12.1. The molecule has 0 atom stereocenters. The number of benzene rings is 2. The molecule has 0 aliphatic rings. The molecule has 4 rings (SSSR count). The number of furan rings is 1. The number of rotatable bonds is 6. The summed E-state index contributed by atoms with van der Waals surface area (Å²) in [5.74, 6) is -0.151. The van der Waals surface area contributed by atoms with E-state index in [9.17, 15) is 23.3 Å². The zero-order chi connectivity index (χ0) is 26.0. The molecule has 36 heavy (non-hydrogen) atoms. The van der Waals surface area contributed by atoms with Crippen molar-refractivity contribution in [3.8, 4) is 23.1 Å². The molecule has 4 aromatic rings. The molecule has 0 spiro atoms. The fourth-order valence-corrected chi connectivity index (χ4v) is 4.09. The monoisotopic (exact) mass is 503 g/mol. The Morgan fingerprint density at radius 3 is 2.36 bits per heavy atom. The van der Waals surface area contributed by atoms with Gasteiger partial charge in [0.05, 0.1) is 16.3 Å². The van der Waals surface area contributed by atoms with Crippen molar-refractivity contribution in [2.24, 2.45) is 12.2 Å². The molecule has 0 aliphatic carbocycles. The highest BCUT2D eigenvalue weighted by Crippen LogP contribution is 2.25. The second-order valence-electron chi connectivity index (χ2n) is 7.83. The number of para-hydroxylation sites is 1. The first-order valence-electron chi connectivity index (χ1n) is 10.6. The topological polar surface area (TPSA) is 153 Å². The molecule has 0 saturated heterocycles. The Labute approximate surface area is 206 Å². The average Bonchev–Trinajstić information content (AvgIpc) is 3.41. The van der Waals surface area contributed by atoms with Crippen LogP contribution in [0.15, 0.2) is 86.4 Å². The summed E-state index contributed by atoms with van der Waals surface area (Å²) < 4.78 is 31.6. The van der Waals surface area contributed by atoms with Crippen LogP contribution in [-0.2, 0) is 21.9 Å². The van der Waals surface area contributed by atoms with Gasteiger partial charge in [-0.15, -0.1) is 0 Å². The van der Waals surface area contributed by atoms with Crippen LogP contribution in [0.3, 0.4) is 0 Å². The van der Waals surface area contributed by atoms with Crippen molar-refractivity contribution in [1.82, 2.24) is 9.36 Å². The van der Waals surface area contributed by atoms with Gasteiger partial charge in [-0.2, -0.15) is 5.26 Å². The van der Waals surface area contributed by atoms with Gasteiger partial charge in [-0.25, -0.2) is 18.2 Å². The summed E-state index contributed by atoms with van der Waals surface area (Å²) in [5, 5.41) is 17.2. The minimum Gasteiger partial charge on any atom is -0.457 e. The molecule has 3 N–H and O–H groups in total. The van der Waals surface area contributed by atoms with Crippen molar-refractivity contribution in [2.45, 2.75) is 11.8 Å². The van der Waals surface area contributed by atoms with Gasteiger partial charge in [-0.1, -0.05) is 18.2 Å². The van der Waals surface area contributed by atoms with Crippen LogP contribution in [0.25, 0.3) is 23.1 Å². The molecule has 182 valence electrons. The predicted octanol–water partition coefficient (Wildman–Crippen LogP) is 2.94. The lowest BCUT2D eigenvalue weighted by atomic mass is 10.2. The van der Waals surface area contributed by atoms with Crippen LogP contribution in [0.1, 0.15) is 11.5 Å².